The Bertz CT molecular complexity index is 1240. The highest BCUT2D eigenvalue weighted by molar-refractivity contribution is 6.43. The smallest absolute Gasteiger partial charge is 0.293 e. The van der Waals surface area contributed by atoms with Gasteiger partial charge in [0.05, 0.1) is 11.7 Å². The van der Waals surface area contributed by atoms with E-state index in [-0.39, 0.29) is 17.0 Å². The van der Waals surface area contributed by atoms with Gasteiger partial charge < -0.3 is 15.2 Å². The molecule has 0 aliphatic heterocycles. The number of nitrogens with one attached hydrogen (secondary N) is 3. The summed E-state index contributed by atoms with van der Waals surface area (Å²) in [6, 6.07) is 5.27. The zero-order valence-electron chi connectivity index (χ0n) is 17.6. The Labute approximate surface area is 185 Å². The first kappa shape index (κ1) is 22.2. The Morgan fingerprint density at radius 2 is 1.91 bits per heavy atom. The number of aromatic nitrogens is 4. The average Bonchev–Trinajstić information content (AvgIpc) is 3.38. The Morgan fingerprint density at radius 1 is 1.18 bits per heavy atom. The molecule has 9 nitrogen and oxygen atoms in total. The lowest BCUT2D eigenvalue weighted by molar-refractivity contribution is -0.148. The van der Waals surface area contributed by atoms with Crippen molar-refractivity contribution in [3.63, 3.8) is 0 Å². The number of rotatable bonds is 6. The molecule has 33 heavy (non-hydrogen) atoms. The molecule has 0 bridgehead atoms. The number of benzene rings is 1. The lowest BCUT2D eigenvalue weighted by Gasteiger charge is -2.46. The molecule has 3 aromatic rings. The number of aryl methyl sites for hydroxylation is 2. The van der Waals surface area contributed by atoms with Gasteiger partial charge in [-0.2, -0.15) is 15.4 Å². The van der Waals surface area contributed by atoms with Gasteiger partial charge in [-0.3, -0.25) is 14.4 Å². The van der Waals surface area contributed by atoms with Gasteiger partial charge in [-0.15, -0.1) is 0 Å². The molecular formula is C21H19F3N6O3. The second-order valence-corrected chi connectivity index (χ2v) is 8.07. The van der Waals surface area contributed by atoms with Crippen molar-refractivity contribution in [3.05, 3.63) is 65.0 Å². The highest BCUT2D eigenvalue weighted by atomic mass is 19.3. The predicted octanol–water partition coefficient (Wildman–Crippen LogP) is 2.47. The van der Waals surface area contributed by atoms with Crippen molar-refractivity contribution in [3.8, 4) is 0 Å². The van der Waals surface area contributed by atoms with Crippen LogP contribution in [0.3, 0.4) is 0 Å². The van der Waals surface area contributed by atoms with Crippen molar-refractivity contribution in [1.29, 1.82) is 0 Å². The summed E-state index contributed by atoms with van der Waals surface area (Å²) < 4.78 is 42.0. The van der Waals surface area contributed by atoms with Crippen LogP contribution >= 0.6 is 0 Å². The molecule has 0 unspecified atom stereocenters. The van der Waals surface area contributed by atoms with Crippen LogP contribution in [-0.4, -0.2) is 43.5 Å². The zero-order chi connectivity index (χ0) is 24.0. The number of alkyl halides is 2. The Morgan fingerprint density at radius 3 is 2.52 bits per heavy atom. The monoisotopic (exact) mass is 460 g/mol. The van der Waals surface area contributed by atoms with Gasteiger partial charge in [0.1, 0.15) is 17.2 Å². The maximum Gasteiger partial charge on any atom is 0.293 e. The lowest BCUT2D eigenvalue weighted by atomic mass is 9.71. The van der Waals surface area contributed by atoms with Crippen LogP contribution in [0.1, 0.15) is 44.9 Å². The third-order valence-corrected chi connectivity index (χ3v) is 5.50. The molecule has 0 radical (unpaired) electrons. The summed E-state index contributed by atoms with van der Waals surface area (Å²) >= 11 is 0. The van der Waals surface area contributed by atoms with Gasteiger partial charge in [0.2, 0.25) is 0 Å². The molecule has 1 saturated carbocycles. The number of hydrogen-bond acceptors (Lipinski definition) is 5. The number of carbonyl (C=O) groups is 3. The highest BCUT2D eigenvalue weighted by Gasteiger charge is 2.60. The Hall–Kier alpha value is -3.96. The summed E-state index contributed by atoms with van der Waals surface area (Å²) in [5.41, 5.74) is -0.761. The Balaban J connectivity index is 1.50. The third kappa shape index (κ3) is 4.23. The van der Waals surface area contributed by atoms with Gasteiger partial charge in [0.15, 0.2) is 0 Å². The fourth-order valence-corrected chi connectivity index (χ4v) is 3.83. The summed E-state index contributed by atoms with van der Waals surface area (Å²) in [6.45, 7) is 1.55. The topological polar surface area (TPSA) is 122 Å². The zero-order valence-corrected chi connectivity index (χ0v) is 17.6. The molecule has 12 heteroatoms. The van der Waals surface area contributed by atoms with Gasteiger partial charge in [-0.25, -0.2) is 13.2 Å². The minimum atomic E-state index is -3.01. The van der Waals surface area contributed by atoms with E-state index >= 15 is 0 Å². The minimum Gasteiger partial charge on any atom is -0.346 e. The normalized spacial score (nSPS) is 16.0. The van der Waals surface area contributed by atoms with Crippen molar-refractivity contribution in [1.82, 2.24) is 25.3 Å². The maximum absolute atomic E-state index is 13.6. The fraction of sp³-hybridized carbons (Fsp3) is 0.286. The van der Waals surface area contributed by atoms with Crippen molar-refractivity contribution in [2.75, 3.05) is 5.32 Å². The standard InChI is InChI=1S/C21H19F3N6O3/c1-11-5-13(3-4-14(11)22)26-18(32)15-6-12(8-30(15)2)17(31)19(33)27-20(9-21(23,24)10-20)16-7-25-29-28-16/h3-8H,9-10H2,1-2H3,(H,26,32)(H,27,33)(H,25,28,29). The van der Waals surface area contributed by atoms with E-state index in [4.69, 9.17) is 0 Å². The third-order valence-electron chi connectivity index (χ3n) is 5.50. The van der Waals surface area contributed by atoms with Gasteiger partial charge in [0, 0.05) is 37.3 Å². The number of ketones is 1. The SMILES string of the molecule is Cc1cc(NC(=O)c2cc(C(=O)C(=O)NC3(c4cn[nH]n4)CC(F)(F)C3)cn2C)ccc1F. The molecule has 0 saturated heterocycles. The maximum atomic E-state index is 13.6. The molecule has 1 aliphatic rings. The summed E-state index contributed by atoms with van der Waals surface area (Å²) in [5, 5.41) is 14.6. The van der Waals surface area contributed by atoms with E-state index in [0.29, 0.717) is 11.3 Å². The molecule has 3 N–H and O–H groups in total. The van der Waals surface area contributed by atoms with Crippen molar-refractivity contribution >= 4 is 23.3 Å². The first-order valence-corrected chi connectivity index (χ1v) is 9.84. The molecular weight excluding hydrogens is 441 g/mol. The first-order chi connectivity index (χ1) is 15.5. The van der Waals surface area contributed by atoms with E-state index in [1.165, 1.54) is 48.3 Å². The number of Topliss-reactive ketones (excluding diaryl/α,β-unsaturated/α-hetero) is 1. The van der Waals surface area contributed by atoms with Crippen LogP contribution in [0.25, 0.3) is 0 Å². The van der Waals surface area contributed by atoms with E-state index in [2.05, 4.69) is 26.0 Å². The van der Waals surface area contributed by atoms with Gasteiger partial charge >= 0.3 is 0 Å². The number of H-pyrrole nitrogens is 1. The van der Waals surface area contributed by atoms with Crippen LogP contribution in [0.5, 0.6) is 0 Å². The molecule has 0 atom stereocenters. The van der Waals surface area contributed by atoms with Crippen molar-refractivity contribution in [2.24, 2.45) is 7.05 Å². The van der Waals surface area contributed by atoms with Gasteiger partial charge in [-0.05, 0) is 36.8 Å². The summed E-state index contributed by atoms with van der Waals surface area (Å²) in [7, 11) is 1.50. The summed E-state index contributed by atoms with van der Waals surface area (Å²) in [4.78, 5) is 37.9. The molecule has 0 spiro atoms. The molecule has 1 aromatic carbocycles. The second-order valence-electron chi connectivity index (χ2n) is 8.07. The average molecular weight is 460 g/mol. The minimum absolute atomic E-state index is 0.0644. The molecule has 1 fully saturated rings. The van der Waals surface area contributed by atoms with Crippen LogP contribution in [0.4, 0.5) is 18.9 Å². The van der Waals surface area contributed by atoms with Gasteiger partial charge in [0.25, 0.3) is 23.5 Å². The van der Waals surface area contributed by atoms with Crippen LogP contribution in [0, 0.1) is 12.7 Å². The molecule has 2 aromatic heterocycles. The lowest BCUT2D eigenvalue weighted by Crippen LogP contribution is -2.61. The quantitative estimate of drug-likeness (QED) is 0.385. The first-order valence-electron chi connectivity index (χ1n) is 9.84. The van der Waals surface area contributed by atoms with Crippen LogP contribution in [0.15, 0.2) is 36.7 Å². The van der Waals surface area contributed by atoms with E-state index in [1.54, 1.807) is 6.92 Å². The van der Waals surface area contributed by atoms with Crippen LogP contribution < -0.4 is 10.6 Å². The number of nitrogens with zero attached hydrogens (tertiary/aromatic N) is 3. The molecule has 1 aliphatic carbocycles. The van der Waals surface area contributed by atoms with Crippen molar-refractivity contribution in [2.45, 2.75) is 31.2 Å². The number of aromatic amines is 1. The van der Waals surface area contributed by atoms with Crippen LogP contribution in [-0.2, 0) is 17.4 Å². The molecule has 2 heterocycles. The molecule has 4 rings (SSSR count). The molecule has 172 valence electrons. The molecule has 2 amide bonds. The largest absolute Gasteiger partial charge is 0.346 e. The van der Waals surface area contributed by atoms with Crippen molar-refractivity contribution < 1.29 is 27.6 Å². The highest BCUT2D eigenvalue weighted by Crippen LogP contribution is 2.50. The van der Waals surface area contributed by atoms with E-state index in [1.807, 2.05) is 0 Å². The number of anilines is 1. The van der Waals surface area contributed by atoms with E-state index in [9.17, 15) is 27.6 Å². The fourth-order valence-electron chi connectivity index (χ4n) is 3.83. The number of carbonyl (C=O) groups excluding carboxylic acids is 3. The summed E-state index contributed by atoms with van der Waals surface area (Å²) in [6.07, 6.45) is 1.06. The predicted molar refractivity (Wildman–Crippen MR) is 109 cm³/mol. The number of hydrogen-bond donors (Lipinski definition) is 3. The second kappa shape index (κ2) is 7.87. The van der Waals surface area contributed by atoms with E-state index < -0.39 is 47.7 Å². The summed E-state index contributed by atoms with van der Waals surface area (Å²) in [5.74, 6) is -6.12. The number of halogens is 3. The van der Waals surface area contributed by atoms with Gasteiger partial charge in [-0.1, -0.05) is 0 Å². The number of amides is 2. The van der Waals surface area contributed by atoms with Crippen LogP contribution in [0.2, 0.25) is 0 Å². The Kier molecular flexibility index (Phi) is 5.30. The van der Waals surface area contributed by atoms with E-state index in [0.717, 1.165) is 0 Å².